The van der Waals surface area contributed by atoms with E-state index >= 15 is 0 Å². The van der Waals surface area contributed by atoms with Gasteiger partial charge in [0.1, 0.15) is 0 Å². The zero-order chi connectivity index (χ0) is 16.4. The predicted molar refractivity (Wildman–Crippen MR) is 103 cm³/mol. The monoisotopic (exact) mass is 452 g/mol. The van der Waals surface area contributed by atoms with Crippen LogP contribution < -0.4 is 5.32 Å². The van der Waals surface area contributed by atoms with E-state index in [1.165, 1.54) is 0 Å². The van der Waals surface area contributed by atoms with Crippen LogP contribution in [0.1, 0.15) is 0 Å². The summed E-state index contributed by atoms with van der Waals surface area (Å²) in [5.74, 6) is -0.0479. The van der Waals surface area contributed by atoms with Gasteiger partial charge in [0.25, 0.3) is 0 Å². The molecule has 3 N–H and O–H groups in total. The number of aromatic amines is 1. The van der Waals surface area contributed by atoms with Gasteiger partial charge in [-0.05, 0) is 54.7 Å². The fourth-order valence-corrected chi connectivity index (χ4v) is 2.80. The van der Waals surface area contributed by atoms with Crippen LogP contribution in [0.15, 0.2) is 61.6 Å². The molecule has 3 rings (SSSR count). The molecule has 0 amide bonds. The number of nitrogens with zero attached hydrogens (tertiary/aromatic N) is 2. The minimum absolute atomic E-state index is 0.0479. The Kier molecular flexibility index (Phi) is 4.74. The second-order valence-corrected chi connectivity index (χ2v) is 6.87. The van der Waals surface area contributed by atoms with Crippen LogP contribution in [0.25, 0.3) is 10.9 Å². The Morgan fingerprint density at radius 2 is 1.78 bits per heavy atom. The number of fused-ring (bicyclic) bond motifs is 1. The van der Waals surface area contributed by atoms with Gasteiger partial charge in [-0.15, -0.1) is 10.2 Å². The number of hydrogen-bond donors (Lipinski definition) is 3. The van der Waals surface area contributed by atoms with Gasteiger partial charge in [-0.2, -0.15) is 0 Å². The first kappa shape index (κ1) is 16.1. The number of anilines is 1. The van der Waals surface area contributed by atoms with E-state index in [0.717, 1.165) is 25.5 Å². The van der Waals surface area contributed by atoms with Gasteiger partial charge in [-0.25, -0.2) is 0 Å². The molecule has 0 saturated heterocycles. The lowest BCUT2D eigenvalue weighted by Gasteiger charge is -2.02. The number of thiocarbonyl (C=S) groups is 1. The molecular formula is C15H10Br2N4OS. The van der Waals surface area contributed by atoms with E-state index in [0.29, 0.717) is 5.69 Å². The zero-order valence-corrected chi connectivity index (χ0v) is 15.5. The molecule has 0 saturated carbocycles. The van der Waals surface area contributed by atoms with Gasteiger partial charge < -0.3 is 15.4 Å². The minimum Gasteiger partial charge on any atom is -0.493 e. The zero-order valence-electron chi connectivity index (χ0n) is 11.5. The Labute approximate surface area is 154 Å². The summed E-state index contributed by atoms with van der Waals surface area (Å²) in [6, 6.07) is 13.1. The van der Waals surface area contributed by atoms with E-state index in [1.807, 2.05) is 42.5 Å². The summed E-state index contributed by atoms with van der Waals surface area (Å²) in [5.41, 5.74) is 1.93. The second kappa shape index (κ2) is 6.77. The molecule has 0 unspecified atom stereocenters. The summed E-state index contributed by atoms with van der Waals surface area (Å²) in [6.45, 7) is 0. The van der Waals surface area contributed by atoms with E-state index in [-0.39, 0.29) is 11.0 Å². The highest BCUT2D eigenvalue weighted by molar-refractivity contribution is 9.10. The molecule has 0 bridgehead atoms. The molecule has 0 aliphatic carbocycles. The van der Waals surface area contributed by atoms with E-state index in [4.69, 9.17) is 12.2 Å². The first-order valence-electron chi connectivity index (χ1n) is 6.51. The summed E-state index contributed by atoms with van der Waals surface area (Å²) in [4.78, 5) is 2.85. The summed E-state index contributed by atoms with van der Waals surface area (Å²) in [5, 5.41) is 21.9. The van der Waals surface area contributed by atoms with Crippen molar-refractivity contribution in [1.29, 1.82) is 0 Å². The van der Waals surface area contributed by atoms with Crippen LogP contribution in [0, 0.1) is 0 Å². The number of hydrogen-bond acceptors (Lipinski definition) is 3. The summed E-state index contributed by atoms with van der Waals surface area (Å²) >= 11 is 11.9. The number of H-pyrrole nitrogens is 1. The summed E-state index contributed by atoms with van der Waals surface area (Å²) in [7, 11) is 0. The first-order valence-corrected chi connectivity index (χ1v) is 8.51. The molecule has 0 radical (unpaired) electrons. The number of halogens is 2. The van der Waals surface area contributed by atoms with Gasteiger partial charge in [0.05, 0.1) is 5.52 Å². The lowest BCUT2D eigenvalue weighted by Crippen LogP contribution is -2.04. The van der Waals surface area contributed by atoms with Crippen LogP contribution in [0.3, 0.4) is 0 Å². The Morgan fingerprint density at radius 3 is 2.52 bits per heavy atom. The third-order valence-corrected chi connectivity index (χ3v) is 4.26. The fraction of sp³-hybridized carbons (Fsp3) is 0. The van der Waals surface area contributed by atoms with Gasteiger partial charge in [-0.3, -0.25) is 0 Å². The molecule has 8 heteroatoms. The SMILES string of the molecule is Oc1[nH]c2ccc(Br)cc2c1N=NC(=S)Nc1ccc(Br)cc1. The number of nitrogens with one attached hydrogen (secondary N) is 2. The van der Waals surface area contributed by atoms with Crippen molar-refractivity contribution in [3.63, 3.8) is 0 Å². The Morgan fingerprint density at radius 1 is 1.09 bits per heavy atom. The van der Waals surface area contributed by atoms with Crippen LogP contribution in [0.5, 0.6) is 5.88 Å². The molecule has 0 aliphatic heterocycles. The van der Waals surface area contributed by atoms with Gasteiger partial charge in [0, 0.05) is 20.0 Å². The average molecular weight is 454 g/mol. The van der Waals surface area contributed by atoms with Gasteiger partial charge in [0.15, 0.2) is 5.69 Å². The third kappa shape index (κ3) is 3.77. The fourth-order valence-electron chi connectivity index (χ4n) is 2.01. The maximum Gasteiger partial charge on any atom is 0.218 e. The average Bonchev–Trinajstić information content (AvgIpc) is 2.82. The smallest absolute Gasteiger partial charge is 0.218 e. The molecule has 1 aromatic heterocycles. The predicted octanol–water partition coefficient (Wildman–Crippen LogP) is 5.88. The van der Waals surface area contributed by atoms with Crippen molar-refractivity contribution in [2.24, 2.45) is 10.2 Å². The number of aromatic hydroxyl groups is 1. The van der Waals surface area contributed by atoms with Crippen molar-refractivity contribution in [2.45, 2.75) is 0 Å². The molecular weight excluding hydrogens is 444 g/mol. The molecule has 0 spiro atoms. The molecule has 116 valence electrons. The number of azo groups is 1. The maximum absolute atomic E-state index is 9.96. The highest BCUT2D eigenvalue weighted by atomic mass is 79.9. The van der Waals surface area contributed by atoms with Gasteiger partial charge in [-0.1, -0.05) is 31.9 Å². The molecule has 5 nitrogen and oxygen atoms in total. The van der Waals surface area contributed by atoms with Crippen molar-refractivity contribution in [3.05, 3.63) is 51.4 Å². The quantitative estimate of drug-likeness (QED) is 0.335. The molecule has 1 heterocycles. The van der Waals surface area contributed by atoms with Crippen LogP contribution in [-0.2, 0) is 0 Å². The van der Waals surface area contributed by atoms with Crippen molar-refractivity contribution >= 4 is 71.5 Å². The lowest BCUT2D eigenvalue weighted by molar-refractivity contribution is 0.459. The Hall–Kier alpha value is -1.77. The third-order valence-electron chi connectivity index (χ3n) is 3.05. The number of rotatable bonds is 2. The van der Waals surface area contributed by atoms with E-state index in [9.17, 15) is 5.11 Å². The van der Waals surface area contributed by atoms with Gasteiger partial charge >= 0.3 is 0 Å². The van der Waals surface area contributed by atoms with Gasteiger partial charge in [0.2, 0.25) is 11.0 Å². The highest BCUT2D eigenvalue weighted by Gasteiger charge is 2.10. The lowest BCUT2D eigenvalue weighted by atomic mass is 10.2. The largest absolute Gasteiger partial charge is 0.493 e. The van der Waals surface area contributed by atoms with E-state index in [2.05, 4.69) is 52.4 Å². The molecule has 0 aliphatic rings. The molecule has 23 heavy (non-hydrogen) atoms. The van der Waals surface area contributed by atoms with Crippen molar-refractivity contribution in [3.8, 4) is 5.88 Å². The maximum atomic E-state index is 9.96. The van der Waals surface area contributed by atoms with Crippen LogP contribution in [0.4, 0.5) is 11.4 Å². The second-order valence-electron chi connectivity index (χ2n) is 4.65. The Balaban J connectivity index is 1.82. The Bertz CT molecular complexity index is 906. The number of aromatic nitrogens is 1. The summed E-state index contributed by atoms with van der Waals surface area (Å²) in [6.07, 6.45) is 0. The standard InChI is InChI=1S/C15H10Br2N4OS/c16-8-1-4-10(5-2-8)18-15(23)21-20-13-11-7-9(17)3-6-12(11)19-14(13)22/h1-7,19,22H,(H,18,23). The minimum atomic E-state index is -0.0479. The van der Waals surface area contributed by atoms with Crippen LogP contribution in [0.2, 0.25) is 0 Å². The van der Waals surface area contributed by atoms with Crippen LogP contribution >= 0.6 is 44.1 Å². The molecule has 3 aromatic rings. The highest BCUT2D eigenvalue weighted by Crippen LogP contribution is 2.36. The number of benzene rings is 2. The van der Waals surface area contributed by atoms with Crippen molar-refractivity contribution in [1.82, 2.24) is 4.98 Å². The van der Waals surface area contributed by atoms with Crippen LogP contribution in [-0.4, -0.2) is 15.2 Å². The van der Waals surface area contributed by atoms with E-state index < -0.39 is 0 Å². The first-order chi connectivity index (χ1) is 11.0. The van der Waals surface area contributed by atoms with E-state index in [1.54, 1.807) is 0 Å². The van der Waals surface area contributed by atoms with Crippen molar-refractivity contribution in [2.75, 3.05) is 5.32 Å². The van der Waals surface area contributed by atoms with Crippen molar-refractivity contribution < 1.29 is 5.11 Å². The molecule has 0 fully saturated rings. The molecule has 0 atom stereocenters. The summed E-state index contributed by atoms with van der Waals surface area (Å²) < 4.78 is 1.86. The molecule has 2 aromatic carbocycles. The topological polar surface area (TPSA) is 72.8 Å². The normalized spacial score (nSPS) is 11.2.